The highest BCUT2D eigenvalue weighted by atomic mass is 32.1. The smallest absolute Gasteiger partial charge is 0.264 e. The molecule has 0 unspecified atom stereocenters. The van der Waals surface area contributed by atoms with Crippen molar-refractivity contribution in [2.24, 2.45) is 7.05 Å². The molecule has 0 bridgehead atoms. The van der Waals surface area contributed by atoms with Crippen molar-refractivity contribution in [3.05, 3.63) is 51.3 Å². The number of amides is 1. The molecule has 0 aliphatic carbocycles. The van der Waals surface area contributed by atoms with Crippen LogP contribution in [0.3, 0.4) is 0 Å². The predicted octanol–water partition coefficient (Wildman–Crippen LogP) is 2.19. The van der Waals surface area contributed by atoms with E-state index in [-0.39, 0.29) is 11.5 Å². The van der Waals surface area contributed by atoms with Crippen molar-refractivity contribution in [2.45, 2.75) is 13.5 Å². The number of carbonyl (C=O) groups is 1. The summed E-state index contributed by atoms with van der Waals surface area (Å²) in [6, 6.07) is 3.61. The number of aryl methyl sites for hydroxylation is 2. The zero-order valence-corrected chi connectivity index (χ0v) is 15.1. The molecule has 0 saturated carbocycles. The summed E-state index contributed by atoms with van der Waals surface area (Å²) in [5.41, 5.74) is 0.521. The van der Waals surface area contributed by atoms with Crippen molar-refractivity contribution in [2.75, 3.05) is 20.3 Å². The number of thiophene rings is 1. The molecule has 0 aliphatic heterocycles. The largest absolute Gasteiger partial charge is 0.467 e. The maximum atomic E-state index is 13.1. The van der Waals surface area contributed by atoms with Gasteiger partial charge in [0, 0.05) is 20.7 Å². The molecule has 0 N–H and O–H groups in total. The molecular weight excluding hydrogens is 342 g/mol. The van der Waals surface area contributed by atoms with E-state index < -0.39 is 0 Å². The zero-order chi connectivity index (χ0) is 18.0. The highest BCUT2D eigenvalue weighted by molar-refractivity contribution is 7.20. The highest BCUT2D eigenvalue weighted by Gasteiger charge is 2.24. The van der Waals surface area contributed by atoms with Crippen LogP contribution < -0.4 is 5.56 Å². The second-order valence-corrected chi connectivity index (χ2v) is 6.69. The molecule has 1 amide bonds. The summed E-state index contributed by atoms with van der Waals surface area (Å²) in [4.78, 5) is 32.4. The number of methoxy groups -OCH3 is 1. The first-order valence-electron chi connectivity index (χ1n) is 7.78. The van der Waals surface area contributed by atoms with Crippen molar-refractivity contribution in [1.82, 2.24) is 14.5 Å². The average Bonchev–Trinajstić information content (AvgIpc) is 3.22. The first-order valence-corrected chi connectivity index (χ1v) is 8.60. The molecule has 132 valence electrons. The summed E-state index contributed by atoms with van der Waals surface area (Å²) >= 11 is 1.24. The maximum Gasteiger partial charge on any atom is 0.264 e. The van der Waals surface area contributed by atoms with E-state index in [0.29, 0.717) is 46.1 Å². The van der Waals surface area contributed by atoms with Crippen molar-refractivity contribution in [3.8, 4) is 0 Å². The Hall–Kier alpha value is -2.45. The van der Waals surface area contributed by atoms with Crippen LogP contribution in [0.5, 0.6) is 0 Å². The van der Waals surface area contributed by atoms with Crippen LogP contribution in [0, 0.1) is 6.92 Å². The zero-order valence-electron chi connectivity index (χ0n) is 14.3. The minimum atomic E-state index is -0.156. The van der Waals surface area contributed by atoms with E-state index in [1.165, 1.54) is 22.2 Å². The maximum absolute atomic E-state index is 13.1. The molecule has 0 spiro atoms. The molecule has 7 nitrogen and oxygen atoms in total. The lowest BCUT2D eigenvalue weighted by molar-refractivity contribution is 0.0671. The Morgan fingerprint density at radius 3 is 2.96 bits per heavy atom. The topological polar surface area (TPSA) is 77.6 Å². The Labute approximate surface area is 148 Å². The summed E-state index contributed by atoms with van der Waals surface area (Å²) in [5, 5.41) is 0.503. The monoisotopic (exact) mass is 361 g/mol. The average molecular weight is 361 g/mol. The van der Waals surface area contributed by atoms with Crippen molar-refractivity contribution in [3.63, 3.8) is 0 Å². The third kappa shape index (κ3) is 3.35. The van der Waals surface area contributed by atoms with Crippen molar-refractivity contribution >= 4 is 27.5 Å². The molecule has 0 aromatic carbocycles. The van der Waals surface area contributed by atoms with Crippen LogP contribution in [0.15, 0.2) is 33.9 Å². The van der Waals surface area contributed by atoms with E-state index >= 15 is 0 Å². The fourth-order valence-corrected chi connectivity index (χ4v) is 3.71. The number of hydrogen-bond donors (Lipinski definition) is 0. The molecule has 3 aromatic heterocycles. The molecule has 25 heavy (non-hydrogen) atoms. The van der Waals surface area contributed by atoms with Crippen molar-refractivity contribution < 1.29 is 13.9 Å². The van der Waals surface area contributed by atoms with Crippen LogP contribution in [0.2, 0.25) is 0 Å². The molecule has 3 aromatic rings. The van der Waals surface area contributed by atoms with Gasteiger partial charge in [0.05, 0.1) is 36.0 Å². The number of nitrogens with zero attached hydrogens (tertiary/aromatic N) is 3. The number of hydrogen-bond acceptors (Lipinski definition) is 6. The van der Waals surface area contributed by atoms with Gasteiger partial charge in [-0.15, -0.1) is 11.3 Å². The van der Waals surface area contributed by atoms with Crippen LogP contribution >= 0.6 is 11.3 Å². The minimum Gasteiger partial charge on any atom is -0.467 e. The first-order chi connectivity index (χ1) is 12.0. The number of rotatable bonds is 6. The highest BCUT2D eigenvalue weighted by Crippen LogP contribution is 2.28. The fourth-order valence-electron chi connectivity index (χ4n) is 2.60. The van der Waals surface area contributed by atoms with Gasteiger partial charge in [-0.3, -0.25) is 9.59 Å². The summed E-state index contributed by atoms with van der Waals surface area (Å²) in [7, 11) is 3.24. The summed E-state index contributed by atoms with van der Waals surface area (Å²) in [6.45, 7) is 2.97. The molecule has 0 saturated heterocycles. The molecule has 0 radical (unpaired) electrons. The van der Waals surface area contributed by atoms with Gasteiger partial charge >= 0.3 is 0 Å². The molecule has 3 heterocycles. The van der Waals surface area contributed by atoms with E-state index in [4.69, 9.17) is 9.15 Å². The number of ether oxygens (including phenoxy) is 1. The lowest BCUT2D eigenvalue weighted by Gasteiger charge is -2.21. The Bertz CT molecular complexity index is 943. The molecule has 8 heteroatoms. The van der Waals surface area contributed by atoms with E-state index in [0.717, 1.165) is 0 Å². The van der Waals surface area contributed by atoms with Crippen LogP contribution in [0.25, 0.3) is 10.2 Å². The number of furan rings is 1. The minimum absolute atomic E-state index is 0.146. The summed E-state index contributed by atoms with van der Waals surface area (Å²) in [6.07, 6.45) is 3.05. The van der Waals surface area contributed by atoms with E-state index in [2.05, 4.69) is 4.98 Å². The summed E-state index contributed by atoms with van der Waals surface area (Å²) in [5.74, 6) is 0.535. The standard InChI is InChI=1S/C17H19N3O4S/c1-11-13-15(18-10-19(2)16(13)21)25-14(11)17(22)20(6-8-23-3)9-12-5-4-7-24-12/h4-5,7,10H,6,8-9H2,1-3H3. The Morgan fingerprint density at radius 1 is 1.48 bits per heavy atom. The Balaban J connectivity index is 1.98. The second kappa shape index (κ2) is 7.20. The number of carbonyl (C=O) groups excluding carboxylic acids is 1. The van der Waals surface area contributed by atoms with Crippen LogP contribution in [-0.4, -0.2) is 40.6 Å². The van der Waals surface area contributed by atoms with Gasteiger partial charge in [0.2, 0.25) is 0 Å². The van der Waals surface area contributed by atoms with Gasteiger partial charge in [0.25, 0.3) is 11.5 Å². The van der Waals surface area contributed by atoms with E-state index in [1.807, 2.05) is 6.07 Å². The molecule has 3 rings (SSSR count). The van der Waals surface area contributed by atoms with Gasteiger partial charge in [-0.25, -0.2) is 4.98 Å². The van der Waals surface area contributed by atoms with Gasteiger partial charge in [-0.05, 0) is 24.6 Å². The van der Waals surface area contributed by atoms with Crippen LogP contribution in [-0.2, 0) is 18.3 Å². The van der Waals surface area contributed by atoms with Crippen LogP contribution in [0.4, 0.5) is 0 Å². The normalized spacial score (nSPS) is 11.2. The third-order valence-corrected chi connectivity index (χ3v) is 5.17. The number of aromatic nitrogens is 2. The van der Waals surface area contributed by atoms with E-state index in [1.54, 1.807) is 38.3 Å². The molecule has 0 fully saturated rings. The van der Waals surface area contributed by atoms with Crippen LogP contribution in [0.1, 0.15) is 21.0 Å². The predicted molar refractivity (Wildman–Crippen MR) is 94.9 cm³/mol. The van der Waals surface area contributed by atoms with Gasteiger partial charge in [0.1, 0.15) is 10.6 Å². The number of fused-ring (bicyclic) bond motifs is 1. The third-order valence-electron chi connectivity index (χ3n) is 3.98. The Kier molecular flexibility index (Phi) is 5.00. The second-order valence-electron chi connectivity index (χ2n) is 5.70. The Morgan fingerprint density at radius 2 is 2.28 bits per heavy atom. The first kappa shape index (κ1) is 17.4. The quantitative estimate of drug-likeness (QED) is 0.672. The fraction of sp³-hybridized carbons (Fsp3) is 0.353. The molecule has 0 atom stereocenters. The van der Waals surface area contributed by atoms with Gasteiger partial charge in [-0.1, -0.05) is 0 Å². The molecule has 0 aliphatic rings. The van der Waals surface area contributed by atoms with Gasteiger partial charge in [0.15, 0.2) is 0 Å². The SMILES string of the molecule is COCCN(Cc1ccco1)C(=O)c1sc2ncn(C)c(=O)c2c1C. The summed E-state index contributed by atoms with van der Waals surface area (Å²) < 4.78 is 11.9. The van der Waals surface area contributed by atoms with Gasteiger partial charge in [-0.2, -0.15) is 0 Å². The molecular formula is C17H19N3O4S. The van der Waals surface area contributed by atoms with E-state index in [9.17, 15) is 9.59 Å². The van der Waals surface area contributed by atoms with Crippen molar-refractivity contribution in [1.29, 1.82) is 0 Å². The lowest BCUT2D eigenvalue weighted by atomic mass is 10.2. The van der Waals surface area contributed by atoms with Gasteiger partial charge < -0.3 is 18.6 Å². The lowest BCUT2D eigenvalue weighted by Crippen LogP contribution is -2.33.